The van der Waals surface area contributed by atoms with Gasteiger partial charge in [-0.2, -0.15) is 0 Å². The molecular weight excluding hydrogens is 741 g/mol. The summed E-state index contributed by atoms with van der Waals surface area (Å²) >= 11 is 0. The number of nitrogens with zero attached hydrogens (tertiary/aromatic N) is 2. The summed E-state index contributed by atoms with van der Waals surface area (Å²) in [5.74, 6) is -3.75. The maximum absolute atomic E-state index is 14.3. The van der Waals surface area contributed by atoms with Crippen LogP contribution in [0, 0.1) is 11.8 Å². The molecule has 56 heavy (non-hydrogen) atoms. The molecule has 0 bridgehead atoms. The van der Waals surface area contributed by atoms with Gasteiger partial charge in [0.2, 0.25) is 11.8 Å². The molecule has 2 aromatic carbocycles. The number of hydrogen-bond donors (Lipinski definition) is 4. The molecule has 1 heterocycles. The molecular formula is C41H62N4O10S. The summed E-state index contributed by atoms with van der Waals surface area (Å²) < 4.78 is 37.9. The van der Waals surface area contributed by atoms with E-state index < -0.39 is 75.9 Å². The fourth-order valence-electron chi connectivity index (χ4n) is 7.73. The van der Waals surface area contributed by atoms with Gasteiger partial charge in [-0.3, -0.25) is 19.3 Å². The number of carbonyl (C=O) groups excluding carboxylic acids is 3. The molecule has 4 rings (SSSR count). The van der Waals surface area contributed by atoms with Crippen molar-refractivity contribution in [3.63, 3.8) is 0 Å². The molecule has 4 N–H and O–H groups in total. The quantitative estimate of drug-likeness (QED) is 0.0777. The zero-order valence-electron chi connectivity index (χ0n) is 33.2. The standard InChI is InChI=1S/C41H62N4O10S/c1-4-5-18-36(41(50)43-37(23-30-12-7-6-8-13-30)39(48)38(47)25-45-19-21-54-22-20-45)42-40(49)33(24-32-16-11-15-31-14-9-10-17-35(31)32)27-56(51,52)28-34(44-53-3)26-55-29(2)46/h9-11,14-17,30,33,36-39,47-48H,4-8,12-13,18-28H2,1-3H3,(H,42,49)(H,43,50)/b44-34+/t33-,36+,37+,38+,39-/m1/s1. The zero-order chi connectivity index (χ0) is 40.5. The summed E-state index contributed by atoms with van der Waals surface area (Å²) in [5.41, 5.74) is 0.731. The smallest absolute Gasteiger partial charge is 0.303 e. The number of aliphatic hydroxyl groups is 2. The summed E-state index contributed by atoms with van der Waals surface area (Å²) in [6, 6.07) is 11.5. The number of morpholine rings is 1. The molecule has 312 valence electrons. The highest BCUT2D eigenvalue weighted by Crippen LogP contribution is 2.29. The van der Waals surface area contributed by atoms with Crippen LogP contribution in [0.4, 0.5) is 0 Å². The summed E-state index contributed by atoms with van der Waals surface area (Å²) in [5, 5.41) is 34.2. The van der Waals surface area contributed by atoms with Crippen molar-refractivity contribution in [1.29, 1.82) is 0 Å². The molecule has 2 aliphatic rings. The Labute approximate surface area is 331 Å². The van der Waals surface area contributed by atoms with Gasteiger partial charge in [-0.15, -0.1) is 0 Å². The van der Waals surface area contributed by atoms with E-state index in [1.165, 1.54) is 14.0 Å². The summed E-state index contributed by atoms with van der Waals surface area (Å²) in [7, 11) is -2.79. The van der Waals surface area contributed by atoms with Crippen molar-refractivity contribution in [2.45, 2.75) is 102 Å². The number of ether oxygens (including phenoxy) is 2. The van der Waals surface area contributed by atoms with Crippen LogP contribution in [0.1, 0.15) is 77.2 Å². The molecule has 2 fully saturated rings. The van der Waals surface area contributed by atoms with Crippen LogP contribution in [0.25, 0.3) is 10.8 Å². The molecule has 14 nitrogen and oxygen atoms in total. The van der Waals surface area contributed by atoms with Crippen LogP contribution in [0.2, 0.25) is 0 Å². The molecule has 0 radical (unpaired) electrons. The van der Waals surface area contributed by atoms with Crippen molar-refractivity contribution in [3.8, 4) is 0 Å². The van der Waals surface area contributed by atoms with Crippen molar-refractivity contribution in [2.75, 3.05) is 58.1 Å². The Balaban J connectivity index is 1.58. The van der Waals surface area contributed by atoms with E-state index in [1.807, 2.05) is 54.3 Å². The number of benzene rings is 2. The van der Waals surface area contributed by atoms with E-state index in [0.717, 1.165) is 54.9 Å². The van der Waals surface area contributed by atoms with Crippen LogP contribution in [0.15, 0.2) is 47.6 Å². The van der Waals surface area contributed by atoms with Crippen molar-refractivity contribution < 1.29 is 47.3 Å². The minimum atomic E-state index is -4.05. The van der Waals surface area contributed by atoms with E-state index in [4.69, 9.17) is 14.3 Å². The Morgan fingerprint density at radius 3 is 2.41 bits per heavy atom. The van der Waals surface area contributed by atoms with Gasteiger partial charge < -0.3 is 35.2 Å². The Morgan fingerprint density at radius 2 is 1.71 bits per heavy atom. The normalized spacial score (nSPS) is 18.7. The molecule has 0 aromatic heterocycles. The van der Waals surface area contributed by atoms with Crippen molar-refractivity contribution in [2.24, 2.45) is 17.0 Å². The first kappa shape index (κ1) is 45.1. The van der Waals surface area contributed by atoms with E-state index in [9.17, 15) is 33.0 Å². The molecule has 0 spiro atoms. The van der Waals surface area contributed by atoms with Crippen LogP contribution in [0.5, 0.6) is 0 Å². The Morgan fingerprint density at radius 1 is 1.00 bits per heavy atom. The number of esters is 1. The summed E-state index contributed by atoms with van der Waals surface area (Å²) in [6.07, 6.45) is 5.03. The third-order valence-corrected chi connectivity index (χ3v) is 12.4. The van der Waals surface area contributed by atoms with Crippen LogP contribution < -0.4 is 10.6 Å². The van der Waals surface area contributed by atoms with Crippen LogP contribution in [0.3, 0.4) is 0 Å². The number of β-amino-alcohol motifs (C(OH)–C–C–N with tert-alkyl or cyclic N) is 1. The second kappa shape index (κ2) is 22.9. The van der Waals surface area contributed by atoms with Crippen LogP contribution in [-0.4, -0.2) is 129 Å². The monoisotopic (exact) mass is 802 g/mol. The molecule has 1 aliphatic heterocycles. The fourth-order valence-corrected chi connectivity index (χ4v) is 9.37. The van der Waals surface area contributed by atoms with Gasteiger partial charge in [0, 0.05) is 26.6 Å². The fraction of sp³-hybridized carbons (Fsp3) is 0.659. The first-order valence-electron chi connectivity index (χ1n) is 20.0. The molecule has 1 saturated heterocycles. The third kappa shape index (κ3) is 14.7. The van der Waals surface area contributed by atoms with Gasteiger partial charge in [-0.25, -0.2) is 8.42 Å². The first-order valence-corrected chi connectivity index (χ1v) is 21.9. The molecule has 5 atom stereocenters. The number of unbranched alkanes of at least 4 members (excludes halogenated alkanes) is 1. The molecule has 0 unspecified atom stereocenters. The second-order valence-electron chi connectivity index (χ2n) is 15.2. The Bertz CT molecular complexity index is 1690. The van der Waals surface area contributed by atoms with E-state index in [2.05, 4.69) is 15.8 Å². The highest BCUT2D eigenvalue weighted by molar-refractivity contribution is 7.92. The van der Waals surface area contributed by atoms with Gasteiger partial charge >= 0.3 is 5.97 Å². The topological polar surface area (TPSA) is 193 Å². The number of fused-ring (bicyclic) bond motifs is 1. The van der Waals surface area contributed by atoms with E-state index >= 15 is 0 Å². The maximum atomic E-state index is 14.3. The number of oxime groups is 1. The van der Waals surface area contributed by atoms with Gasteiger partial charge in [-0.05, 0) is 41.5 Å². The van der Waals surface area contributed by atoms with E-state index in [1.54, 1.807) is 0 Å². The lowest BCUT2D eigenvalue weighted by atomic mass is 9.83. The average Bonchev–Trinajstić information content (AvgIpc) is 3.18. The van der Waals surface area contributed by atoms with Gasteiger partial charge in [0.1, 0.15) is 31.6 Å². The van der Waals surface area contributed by atoms with Gasteiger partial charge in [0.05, 0.1) is 42.8 Å². The first-order chi connectivity index (χ1) is 26.9. The van der Waals surface area contributed by atoms with E-state index in [-0.39, 0.29) is 31.0 Å². The third-order valence-electron chi connectivity index (χ3n) is 10.7. The predicted molar refractivity (Wildman–Crippen MR) is 215 cm³/mol. The van der Waals surface area contributed by atoms with E-state index in [0.29, 0.717) is 39.1 Å². The average molecular weight is 803 g/mol. The maximum Gasteiger partial charge on any atom is 0.303 e. The van der Waals surface area contributed by atoms with Crippen molar-refractivity contribution >= 4 is 44.1 Å². The van der Waals surface area contributed by atoms with Gasteiger partial charge in [-0.1, -0.05) is 99.5 Å². The summed E-state index contributed by atoms with van der Waals surface area (Å²) in [4.78, 5) is 46.9. The van der Waals surface area contributed by atoms with Crippen molar-refractivity contribution in [1.82, 2.24) is 15.5 Å². The minimum absolute atomic E-state index is 0.0365. The van der Waals surface area contributed by atoms with Gasteiger partial charge in [0.25, 0.3) is 0 Å². The van der Waals surface area contributed by atoms with Crippen LogP contribution in [-0.2, 0) is 45.0 Å². The Hall–Kier alpha value is -3.63. The number of nitrogens with one attached hydrogen (secondary N) is 2. The number of hydrogen-bond acceptors (Lipinski definition) is 12. The highest BCUT2D eigenvalue weighted by Gasteiger charge is 2.35. The molecule has 2 amide bonds. The predicted octanol–water partition coefficient (Wildman–Crippen LogP) is 3.16. The van der Waals surface area contributed by atoms with Crippen molar-refractivity contribution in [3.05, 3.63) is 48.0 Å². The lowest BCUT2D eigenvalue weighted by Crippen LogP contribution is -2.57. The number of sulfone groups is 1. The minimum Gasteiger partial charge on any atom is -0.460 e. The number of amides is 2. The lowest BCUT2D eigenvalue weighted by molar-refractivity contribution is -0.139. The number of aliphatic hydroxyl groups excluding tert-OH is 2. The largest absolute Gasteiger partial charge is 0.460 e. The second-order valence-corrected chi connectivity index (χ2v) is 17.4. The highest BCUT2D eigenvalue weighted by atomic mass is 32.2. The molecule has 15 heteroatoms. The Kier molecular flexibility index (Phi) is 18.5. The SMILES string of the molecule is CCCC[C@H](NC(=O)[C@H](Cc1cccc2ccccc12)CS(=O)(=O)C/C(COC(C)=O)=N/OC)C(=O)N[C@@H](CC1CCCCC1)[C@@H](O)[C@@H](O)CN1CCOCC1. The summed E-state index contributed by atoms with van der Waals surface area (Å²) in [6.45, 7) is 5.37. The molecule has 2 aromatic rings. The van der Waals surface area contributed by atoms with Gasteiger partial charge in [0.15, 0.2) is 9.84 Å². The number of carbonyl (C=O) groups is 3. The molecule has 1 aliphatic carbocycles. The molecule has 1 saturated carbocycles. The van der Waals surface area contributed by atoms with Crippen LogP contribution >= 0.6 is 0 Å². The zero-order valence-corrected chi connectivity index (χ0v) is 34.0. The lowest BCUT2D eigenvalue weighted by Gasteiger charge is -2.35. The number of rotatable bonds is 22.